The number of carboxylic acids is 1. The summed E-state index contributed by atoms with van der Waals surface area (Å²) < 4.78 is 5.68. The smallest absolute Gasteiger partial charge is 0.307 e. The van der Waals surface area contributed by atoms with Crippen LogP contribution in [0.25, 0.3) is 0 Å². The Kier molecular flexibility index (Phi) is 4.73. The molecule has 0 spiro atoms. The van der Waals surface area contributed by atoms with Gasteiger partial charge in [0, 0.05) is 18.7 Å². The fourth-order valence-corrected chi connectivity index (χ4v) is 3.23. The third-order valence-electron chi connectivity index (χ3n) is 4.23. The number of Topliss-reactive ketones (excluding diaryl/α,β-unsaturated/α-hetero) is 1. The van der Waals surface area contributed by atoms with E-state index < -0.39 is 11.0 Å². The highest BCUT2D eigenvalue weighted by Crippen LogP contribution is 2.31. The van der Waals surface area contributed by atoms with Gasteiger partial charge in [-0.05, 0) is 31.2 Å². The summed E-state index contributed by atoms with van der Waals surface area (Å²) in [6, 6.07) is 8.94. The Hall–Kier alpha value is -2.11. The number of aliphatic carboxylic acids is 1. The first-order chi connectivity index (χ1) is 11.5. The number of para-hydroxylation sites is 1. The van der Waals surface area contributed by atoms with E-state index >= 15 is 0 Å². The number of carbonyl (C=O) groups excluding carboxylic acids is 1. The lowest BCUT2D eigenvalue weighted by molar-refractivity contribution is -0.141. The second-order valence-corrected chi connectivity index (χ2v) is 6.56. The van der Waals surface area contributed by atoms with Crippen molar-refractivity contribution in [3.63, 3.8) is 0 Å². The van der Waals surface area contributed by atoms with Crippen molar-refractivity contribution in [3.8, 4) is 5.75 Å². The third kappa shape index (κ3) is 3.52. The topological polar surface area (TPSA) is 66.8 Å². The van der Waals surface area contributed by atoms with Gasteiger partial charge in [0.2, 0.25) is 5.78 Å². The van der Waals surface area contributed by atoms with Crippen LogP contribution in [0.4, 0.5) is 0 Å². The van der Waals surface area contributed by atoms with E-state index in [1.165, 1.54) is 6.08 Å². The lowest BCUT2D eigenvalue weighted by Crippen LogP contribution is -2.42. The standard InChI is InChI=1S/C18H18ClNO4/c19-18(24-15-6-2-1-3-7-15)9-4-5-13(16(18)21)11-20-10-8-14(12-20)17(22)23/h1-7,9,14H,8,10-12H2,(H,22,23). The maximum atomic E-state index is 12.7. The number of allylic oxidation sites excluding steroid dienone is 2. The number of hydrogen-bond donors (Lipinski definition) is 1. The van der Waals surface area contributed by atoms with Crippen LogP contribution in [0.1, 0.15) is 6.42 Å². The fourth-order valence-electron chi connectivity index (χ4n) is 2.94. The quantitative estimate of drug-likeness (QED) is 0.829. The maximum Gasteiger partial charge on any atom is 0.307 e. The molecule has 3 rings (SSSR count). The highest BCUT2D eigenvalue weighted by molar-refractivity contribution is 6.38. The van der Waals surface area contributed by atoms with E-state index in [-0.39, 0.29) is 11.7 Å². The van der Waals surface area contributed by atoms with Crippen LogP contribution in [0, 0.1) is 5.92 Å². The minimum Gasteiger partial charge on any atom is -0.481 e. The Labute approximate surface area is 145 Å². The molecule has 1 aromatic carbocycles. The molecule has 2 atom stereocenters. The van der Waals surface area contributed by atoms with Crippen LogP contribution in [-0.4, -0.2) is 46.5 Å². The first-order valence-electron chi connectivity index (χ1n) is 7.79. The third-order valence-corrected chi connectivity index (χ3v) is 4.61. The molecule has 0 bridgehead atoms. The van der Waals surface area contributed by atoms with Crippen LogP contribution >= 0.6 is 11.6 Å². The Balaban J connectivity index is 1.68. The zero-order valence-corrected chi connectivity index (χ0v) is 13.8. The monoisotopic (exact) mass is 347 g/mol. The Morgan fingerprint density at radius 3 is 2.79 bits per heavy atom. The molecule has 1 saturated heterocycles. The van der Waals surface area contributed by atoms with E-state index in [0.29, 0.717) is 37.4 Å². The minimum absolute atomic E-state index is 0.311. The maximum absolute atomic E-state index is 12.7. The minimum atomic E-state index is -1.56. The largest absolute Gasteiger partial charge is 0.481 e. The number of halogens is 1. The van der Waals surface area contributed by atoms with Gasteiger partial charge in [0.15, 0.2) is 0 Å². The van der Waals surface area contributed by atoms with Gasteiger partial charge in [0.25, 0.3) is 5.06 Å². The van der Waals surface area contributed by atoms with E-state index in [2.05, 4.69) is 0 Å². The summed E-state index contributed by atoms with van der Waals surface area (Å²) in [5.41, 5.74) is 0.523. The molecule has 1 aliphatic carbocycles. The molecular weight excluding hydrogens is 330 g/mol. The number of nitrogens with zero attached hydrogens (tertiary/aromatic N) is 1. The molecule has 1 aliphatic heterocycles. The second-order valence-electron chi connectivity index (χ2n) is 6.00. The highest BCUT2D eigenvalue weighted by atomic mass is 35.5. The number of ketones is 1. The van der Waals surface area contributed by atoms with Crippen molar-refractivity contribution in [2.45, 2.75) is 11.5 Å². The summed E-state index contributed by atoms with van der Waals surface area (Å²) in [4.78, 5) is 25.7. The summed E-state index contributed by atoms with van der Waals surface area (Å²) in [6.45, 7) is 1.47. The van der Waals surface area contributed by atoms with Crippen molar-refractivity contribution in [2.75, 3.05) is 19.6 Å². The van der Waals surface area contributed by atoms with E-state index in [0.717, 1.165) is 0 Å². The number of alkyl halides is 1. The van der Waals surface area contributed by atoms with Crippen LogP contribution < -0.4 is 4.74 Å². The second kappa shape index (κ2) is 6.79. The van der Waals surface area contributed by atoms with Crippen LogP contribution in [-0.2, 0) is 9.59 Å². The lowest BCUT2D eigenvalue weighted by Gasteiger charge is -2.28. The average Bonchev–Trinajstić information content (AvgIpc) is 3.02. The van der Waals surface area contributed by atoms with Crippen LogP contribution in [0.5, 0.6) is 5.75 Å². The summed E-state index contributed by atoms with van der Waals surface area (Å²) in [7, 11) is 0. The molecule has 0 radical (unpaired) electrons. The van der Waals surface area contributed by atoms with Crippen LogP contribution in [0.3, 0.4) is 0 Å². The molecule has 0 amide bonds. The first kappa shape index (κ1) is 16.7. The first-order valence-corrected chi connectivity index (χ1v) is 8.17. The van der Waals surface area contributed by atoms with Gasteiger partial charge in [-0.1, -0.05) is 42.0 Å². The van der Waals surface area contributed by atoms with Crippen molar-refractivity contribution >= 4 is 23.4 Å². The molecule has 1 fully saturated rings. The van der Waals surface area contributed by atoms with Crippen LogP contribution in [0.2, 0.25) is 0 Å². The van der Waals surface area contributed by atoms with Gasteiger partial charge >= 0.3 is 5.97 Å². The van der Waals surface area contributed by atoms with Crippen molar-refractivity contribution in [2.24, 2.45) is 5.92 Å². The zero-order chi connectivity index (χ0) is 17.2. The van der Waals surface area contributed by atoms with E-state index in [1.54, 1.807) is 36.4 Å². The van der Waals surface area contributed by atoms with E-state index in [1.807, 2.05) is 11.0 Å². The van der Waals surface area contributed by atoms with Crippen molar-refractivity contribution in [1.82, 2.24) is 4.90 Å². The summed E-state index contributed by atoms with van der Waals surface area (Å²) in [6.07, 6.45) is 5.54. The van der Waals surface area contributed by atoms with Gasteiger partial charge < -0.3 is 9.84 Å². The van der Waals surface area contributed by atoms with Crippen molar-refractivity contribution in [1.29, 1.82) is 0 Å². The molecule has 6 heteroatoms. The van der Waals surface area contributed by atoms with Gasteiger partial charge in [0.05, 0.1) is 5.92 Å². The molecule has 1 heterocycles. The molecule has 1 aromatic rings. The Morgan fingerprint density at radius 2 is 2.12 bits per heavy atom. The predicted octanol–water partition coefficient (Wildman–Crippen LogP) is 2.47. The predicted molar refractivity (Wildman–Crippen MR) is 90.1 cm³/mol. The number of hydrogen-bond acceptors (Lipinski definition) is 4. The highest BCUT2D eigenvalue weighted by Gasteiger charge is 2.40. The van der Waals surface area contributed by atoms with Crippen LogP contribution in [0.15, 0.2) is 54.1 Å². The molecule has 5 nitrogen and oxygen atoms in total. The zero-order valence-electron chi connectivity index (χ0n) is 13.0. The Bertz CT molecular complexity index is 700. The lowest BCUT2D eigenvalue weighted by atomic mass is 9.99. The molecule has 1 N–H and O–H groups in total. The molecule has 0 aromatic heterocycles. The normalized spacial score (nSPS) is 27.1. The number of likely N-dealkylation sites (tertiary alicyclic amines) is 1. The molecular formula is C18H18ClNO4. The van der Waals surface area contributed by atoms with E-state index in [9.17, 15) is 9.59 Å². The number of carbonyl (C=O) groups is 2. The van der Waals surface area contributed by atoms with E-state index in [4.69, 9.17) is 21.4 Å². The number of rotatable bonds is 5. The molecule has 2 aliphatic rings. The summed E-state index contributed by atoms with van der Waals surface area (Å²) in [5, 5.41) is 7.52. The van der Waals surface area contributed by atoms with Gasteiger partial charge in [-0.2, -0.15) is 0 Å². The number of benzene rings is 1. The number of carboxylic acid groups (broad SMARTS) is 1. The van der Waals surface area contributed by atoms with Crippen molar-refractivity contribution < 1.29 is 19.4 Å². The molecule has 126 valence electrons. The Morgan fingerprint density at radius 1 is 1.38 bits per heavy atom. The SMILES string of the molecule is O=C(O)C1CCN(CC2=CC=CC(Cl)(Oc3ccccc3)C2=O)C1. The fraction of sp³-hybridized carbons (Fsp3) is 0.333. The summed E-state index contributed by atoms with van der Waals surface area (Å²) >= 11 is 6.41. The molecule has 2 unspecified atom stereocenters. The van der Waals surface area contributed by atoms with Gasteiger partial charge in [0.1, 0.15) is 5.75 Å². The number of ether oxygens (including phenoxy) is 1. The van der Waals surface area contributed by atoms with Crippen molar-refractivity contribution in [3.05, 3.63) is 54.1 Å². The summed E-state index contributed by atoms with van der Waals surface area (Å²) in [5.74, 6) is -0.963. The van der Waals surface area contributed by atoms with Gasteiger partial charge in [-0.15, -0.1) is 0 Å². The molecule has 24 heavy (non-hydrogen) atoms. The van der Waals surface area contributed by atoms with Gasteiger partial charge in [-0.3, -0.25) is 14.5 Å². The average molecular weight is 348 g/mol. The molecule has 0 saturated carbocycles. The van der Waals surface area contributed by atoms with Gasteiger partial charge in [-0.25, -0.2) is 0 Å².